The SMILES string of the molecule is CCOC(=O)C(=O)N1C[C@@H](C)CCC1c1ccc2c(c1)nc1n2CCN(CC)[C@@H]1C. The van der Waals surface area contributed by atoms with Crippen LogP contribution in [-0.2, 0) is 20.9 Å². The van der Waals surface area contributed by atoms with E-state index in [4.69, 9.17) is 9.72 Å². The van der Waals surface area contributed by atoms with E-state index in [1.807, 2.05) is 0 Å². The Morgan fingerprint density at radius 3 is 2.70 bits per heavy atom. The van der Waals surface area contributed by atoms with Crippen LogP contribution in [0.5, 0.6) is 0 Å². The molecule has 0 bridgehead atoms. The summed E-state index contributed by atoms with van der Waals surface area (Å²) in [6.07, 6.45) is 1.86. The van der Waals surface area contributed by atoms with Gasteiger partial charge in [0.05, 0.1) is 29.7 Å². The lowest BCUT2D eigenvalue weighted by Crippen LogP contribution is -2.45. The van der Waals surface area contributed by atoms with Crippen molar-refractivity contribution in [3.8, 4) is 0 Å². The maximum Gasteiger partial charge on any atom is 0.397 e. The summed E-state index contributed by atoms with van der Waals surface area (Å²) in [5.74, 6) is 0.171. The number of fused-ring (bicyclic) bond motifs is 3. The van der Waals surface area contributed by atoms with Gasteiger partial charge in [-0.15, -0.1) is 0 Å². The summed E-state index contributed by atoms with van der Waals surface area (Å²) >= 11 is 0. The average molecular weight is 413 g/mol. The predicted octanol–water partition coefficient (Wildman–Crippen LogP) is 3.30. The van der Waals surface area contributed by atoms with Gasteiger partial charge in [0.1, 0.15) is 5.82 Å². The van der Waals surface area contributed by atoms with E-state index in [1.54, 1.807) is 11.8 Å². The van der Waals surface area contributed by atoms with Crippen molar-refractivity contribution in [3.05, 3.63) is 29.6 Å². The first-order valence-electron chi connectivity index (χ1n) is 11.2. The van der Waals surface area contributed by atoms with Crippen molar-refractivity contribution >= 4 is 22.9 Å². The molecular weight excluding hydrogens is 380 g/mol. The number of imidazole rings is 1. The number of hydrogen-bond donors (Lipinski definition) is 0. The summed E-state index contributed by atoms with van der Waals surface area (Å²) in [7, 11) is 0. The van der Waals surface area contributed by atoms with E-state index in [-0.39, 0.29) is 18.7 Å². The van der Waals surface area contributed by atoms with E-state index in [2.05, 4.69) is 48.4 Å². The molecule has 0 radical (unpaired) electrons. The minimum Gasteiger partial charge on any atom is -0.459 e. The lowest BCUT2D eigenvalue weighted by Gasteiger charge is -2.38. The van der Waals surface area contributed by atoms with Gasteiger partial charge in [0, 0.05) is 19.6 Å². The standard InChI is InChI=1S/C23H32N4O3/c1-5-25-11-12-26-20-10-8-17(13-18(20)24-21(26)16(25)4)19-9-7-15(3)14-27(19)22(28)23(29)30-6-2/h8,10,13,15-16,19H,5-7,9,11-12,14H2,1-4H3/t15-,16+,19?/m0/s1. The third-order valence-electron chi connectivity index (χ3n) is 6.65. The van der Waals surface area contributed by atoms with Crippen LogP contribution in [-0.4, -0.2) is 57.5 Å². The Morgan fingerprint density at radius 1 is 1.17 bits per heavy atom. The van der Waals surface area contributed by atoms with Crippen molar-refractivity contribution in [2.45, 2.75) is 59.2 Å². The Bertz CT molecular complexity index is 953. The van der Waals surface area contributed by atoms with Crippen molar-refractivity contribution in [2.75, 3.05) is 26.2 Å². The monoisotopic (exact) mass is 412 g/mol. The smallest absolute Gasteiger partial charge is 0.397 e. The lowest BCUT2D eigenvalue weighted by molar-refractivity contribution is -0.162. The van der Waals surface area contributed by atoms with E-state index in [0.29, 0.717) is 12.5 Å². The lowest BCUT2D eigenvalue weighted by atomic mass is 9.89. The van der Waals surface area contributed by atoms with Crippen LogP contribution in [0.2, 0.25) is 0 Å². The van der Waals surface area contributed by atoms with Crippen LogP contribution in [0.1, 0.15) is 64.0 Å². The molecular formula is C23H32N4O3. The van der Waals surface area contributed by atoms with Crippen molar-refractivity contribution < 1.29 is 14.3 Å². The van der Waals surface area contributed by atoms with Crippen LogP contribution in [0, 0.1) is 5.92 Å². The van der Waals surface area contributed by atoms with Crippen molar-refractivity contribution in [3.63, 3.8) is 0 Å². The quantitative estimate of drug-likeness (QED) is 0.572. The first kappa shape index (κ1) is 20.8. The fraction of sp³-hybridized carbons (Fsp3) is 0.609. The molecule has 1 saturated heterocycles. The molecule has 1 aromatic carbocycles. The van der Waals surface area contributed by atoms with Crippen LogP contribution >= 0.6 is 0 Å². The molecule has 3 heterocycles. The highest BCUT2D eigenvalue weighted by molar-refractivity contribution is 6.32. The maximum atomic E-state index is 12.8. The van der Waals surface area contributed by atoms with Gasteiger partial charge in [0.2, 0.25) is 0 Å². The van der Waals surface area contributed by atoms with Crippen LogP contribution in [0.15, 0.2) is 18.2 Å². The first-order chi connectivity index (χ1) is 14.4. The first-order valence-corrected chi connectivity index (χ1v) is 11.2. The van der Waals surface area contributed by atoms with Gasteiger partial charge in [-0.3, -0.25) is 9.69 Å². The molecule has 2 aromatic rings. The summed E-state index contributed by atoms with van der Waals surface area (Å²) in [4.78, 5) is 34.0. The van der Waals surface area contributed by atoms with Gasteiger partial charge in [0.25, 0.3) is 0 Å². The van der Waals surface area contributed by atoms with E-state index in [0.717, 1.165) is 54.9 Å². The molecule has 0 aliphatic carbocycles. The second-order valence-corrected chi connectivity index (χ2v) is 8.55. The molecule has 1 fully saturated rings. The Kier molecular flexibility index (Phi) is 5.82. The van der Waals surface area contributed by atoms with E-state index < -0.39 is 11.9 Å². The van der Waals surface area contributed by atoms with Gasteiger partial charge in [-0.1, -0.05) is 19.9 Å². The van der Waals surface area contributed by atoms with Gasteiger partial charge >= 0.3 is 11.9 Å². The molecule has 1 unspecified atom stereocenters. The summed E-state index contributed by atoms with van der Waals surface area (Å²) < 4.78 is 7.30. The van der Waals surface area contributed by atoms with Crippen molar-refractivity contribution in [1.82, 2.24) is 19.4 Å². The molecule has 0 N–H and O–H groups in total. The second kappa shape index (κ2) is 8.38. The van der Waals surface area contributed by atoms with Crippen LogP contribution in [0.3, 0.4) is 0 Å². The summed E-state index contributed by atoms with van der Waals surface area (Å²) in [5.41, 5.74) is 3.15. The Labute approximate surface area is 178 Å². The summed E-state index contributed by atoms with van der Waals surface area (Å²) in [6.45, 7) is 12.0. The number of likely N-dealkylation sites (N-methyl/N-ethyl adjacent to an activating group) is 1. The zero-order valence-corrected chi connectivity index (χ0v) is 18.4. The van der Waals surface area contributed by atoms with E-state index in [9.17, 15) is 9.59 Å². The molecule has 4 rings (SSSR count). The molecule has 1 amide bonds. The maximum absolute atomic E-state index is 12.8. The number of benzene rings is 1. The molecule has 0 spiro atoms. The number of aromatic nitrogens is 2. The van der Waals surface area contributed by atoms with Gasteiger partial charge in [-0.2, -0.15) is 0 Å². The van der Waals surface area contributed by atoms with Gasteiger partial charge in [-0.05, 0) is 56.8 Å². The van der Waals surface area contributed by atoms with Crippen LogP contribution < -0.4 is 0 Å². The molecule has 1 aromatic heterocycles. The number of amides is 1. The number of carbonyl (C=O) groups excluding carboxylic acids is 2. The molecule has 0 saturated carbocycles. The van der Waals surface area contributed by atoms with E-state index in [1.165, 1.54) is 0 Å². The number of ether oxygens (including phenoxy) is 1. The number of piperidine rings is 1. The highest BCUT2D eigenvalue weighted by atomic mass is 16.5. The molecule has 7 nitrogen and oxygen atoms in total. The molecule has 2 aliphatic rings. The normalized spacial score (nSPS) is 24.7. The Morgan fingerprint density at radius 2 is 1.97 bits per heavy atom. The summed E-state index contributed by atoms with van der Waals surface area (Å²) in [5, 5.41) is 0. The number of esters is 1. The number of carbonyl (C=O) groups is 2. The minimum atomic E-state index is -0.761. The minimum absolute atomic E-state index is 0.120. The highest BCUT2D eigenvalue weighted by Crippen LogP contribution is 2.36. The fourth-order valence-electron chi connectivity index (χ4n) is 4.98. The Hall–Kier alpha value is -2.41. The van der Waals surface area contributed by atoms with Crippen molar-refractivity contribution in [2.24, 2.45) is 5.92 Å². The van der Waals surface area contributed by atoms with Crippen molar-refractivity contribution in [1.29, 1.82) is 0 Å². The Balaban J connectivity index is 1.67. The second-order valence-electron chi connectivity index (χ2n) is 8.55. The third kappa shape index (κ3) is 3.60. The van der Waals surface area contributed by atoms with Gasteiger partial charge < -0.3 is 14.2 Å². The number of likely N-dealkylation sites (tertiary alicyclic amines) is 1. The van der Waals surface area contributed by atoms with E-state index >= 15 is 0 Å². The molecule has 7 heteroatoms. The number of hydrogen-bond acceptors (Lipinski definition) is 5. The zero-order chi connectivity index (χ0) is 21.4. The fourth-order valence-corrected chi connectivity index (χ4v) is 4.98. The molecule has 162 valence electrons. The van der Waals surface area contributed by atoms with Crippen LogP contribution in [0.25, 0.3) is 11.0 Å². The average Bonchev–Trinajstić information content (AvgIpc) is 3.12. The van der Waals surface area contributed by atoms with Gasteiger partial charge in [-0.25, -0.2) is 9.78 Å². The topological polar surface area (TPSA) is 67.7 Å². The largest absolute Gasteiger partial charge is 0.459 e. The highest BCUT2D eigenvalue weighted by Gasteiger charge is 2.35. The molecule has 2 aliphatic heterocycles. The van der Waals surface area contributed by atoms with Gasteiger partial charge in [0.15, 0.2) is 0 Å². The van der Waals surface area contributed by atoms with Crippen LogP contribution in [0.4, 0.5) is 0 Å². The molecule has 30 heavy (non-hydrogen) atoms. The predicted molar refractivity (Wildman–Crippen MR) is 115 cm³/mol. The zero-order valence-electron chi connectivity index (χ0n) is 18.4. The molecule has 3 atom stereocenters. The third-order valence-corrected chi connectivity index (χ3v) is 6.65. The summed E-state index contributed by atoms with van der Waals surface area (Å²) in [6, 6.07) is 6.50. The number of nitrogens with zero attached hydrogens (tertiary/aromatic N) is 4. The number of rotatable bonds is 3.